The van der Waals surface area contributed by atoms with Gasteiger partial charge in [0.1, 0.15) is 26.2 Å². The van der Waals surface area contributed by atoms with E-state index in [9.17, 15) is 0 Å². The van der Waals surface area contributed by atoms with Crippen LogP contribution in [0.3, 0.4) is 0 Å². The Hall–Kier alpha value is -1.54. The average Bonchev–Trinajstić information content (AvgIpc) is 3.31. The summed E-state index contributed by atoms with van der Waals surface area (Å²) in [6.07, 6.45) is 2.39. The first-order valence-corrected chi connectivity index (χ1v) is 9.88. The molecule has 0 bridgehead atoms. The molecule has 1 aromatic heterocycles. The minimum absolute atomic E-state index is 0.0493. The van der Waals surface area contributed by atoms with Gasteiger partial charge in [-0.1, -0.05) is 29.8 Å². The second-order valence-corrected chi connectivity index (χ2v) is 7.83. The topological polar surface area (TPSA) is 61.7 Å². The fourth-order valence-electron chi connectivity index (χ4n) is 4.07. The highest BCUT2D eigenvalue weighted by Gasteiger charge is 2.36. The number of aromatic nitrogens is 4. The molecule has 26 heavy (non-hydrogen) atoms. The van der Waals surface area contributed by atoms with Gasteiger partial charge in [0.05, 0.1) is 24.7 Å². The summed E-state index contributed by atoms with van der Waals surface area (Å²) in [7, 11) is 2.25. The molecular formula is C18H27ClN6O+2. The molecule has 140 valence electrons. The van der Waals surface area contributed by atoms with Crippen LogP contribution in [0.4, 0.5) is 0 Å². The van der Waals surface area contributed by atoms with Crippen LogP contribution in [-0.4, -0.2) is 66.1 Å². The van der Waals surface area contributed by atoms with Gasteiger partial charge in [-0.25, -0.2) is 4.68 Å². The summed E-state index contributed by atoms with van der Waals surface area (Å²) in [5.74, 6) is 0.892. The summed E-state index contributed by atoms with van der Waals surface area (Å²) in [6.45, 7) is 5.99. The van der Waals surface area contributed by atoms with Gasteiger partial charge >= 0.3 is 0 Å². The molecule has 2 fully saturated rings. The SMILES string of the molecule is C[NH+]1CC[NH+]([C@@H](c2ccccc2Cl)c2nnnn2C[C@@H]2CCCO2)CC1. The Bertz CT molecular complexity index is 724. The molecule has 8 heteroatoms. The van der Waals surface area contributed by atoms with Crippen LogP contribution >= 0.6 is 11.6 Å². The van der Waals surface area contributed by atoms with Crippen molar-refractivity contribution in [2.75, 3.05) is 39.8 Å². The molecule has 3 heterocycles. The molecular weight excluding hydrogens is 352 g/mol. The molecule has 7 nitrogen and oxygen atoms in total. The Morgan fingerprint density at radius 2 is 2.08 bits per heavy atom. The van der Waals surface area contributed by atoms with E-state index in [1.807, 2.05) is 22.9 Å². The van der Waals surface area contributed by atoms with E-state index >= 15 is 0 Å². The molecule has 0 radical (unpaired) electrons. The number of hydrogen-bond donors (Lipinski definition) is 2. The van der Waals surface area contributed by atoms with Gasteiger partial charge in [-0.15, -0.1) is 5.10 Å². The number of hydrogen-bond acceptors (Lipinski definition) is 4. The summed E-state index contributed by atoms with van der Waals surface area (Å²) in [5, 5.41) is 13.5. The summed E-state index contributed by atoms with van der Waals surface area (Å²) in [4.78, 5) is 3.05. The van der Waals surface area contributed by atoms with E-state index in [1.54, 1.807) is 4.90 Å². The van der Waals surface area contributed by atoms with Crippen molar-refractivity contribution in [3.05, 3.63) is 40.7 Å². The molecule has 2 aromatic rings. The number of piperazine rings is 1. The second kappa shape index (κ2) is 8.00. The maximum absolute atomic E-state index is 6.59. The van der Waals surface area contributed by atoms with Gasteiger partial charge in [0, 0.05) is 12.2 Å². The quantitative estimate of drug-likeness (QED) is 0.701. The lowest BCUT2D eigenvalue weighted by atomic mass is 10.0. The number of likely N-dealkylation sites (N-methyl/N-ethyl adjacent to an activating group) is 1. The van der Waals surface area contributed by atoms with Gasteiger partial charge < -0.3 is 14.5 Å². The zero-order valence-corrected chi connectivity index (χ0v) is 16.0. The number of quaternary nitrogens is 2. The van der Waals surface area contributed by atoms with Crippen LogP contribution in [0.1, 0.15) is 30.3 Å². The minimum Gasteiger partial charge on any atom is -0.376 e. The van der Waals surface area contributed by atoms with Crippen LogP contribution in [0, 0.1) is 0 Å². The fourth-order valence-corrected chi connectivity index (χ4v) is 4.31. The van der Waals surface area contributed by atoms with E-state index in [2.05, 4.69) is 28.6 Å². The predicted octanol–water partition coefficient (Wildman–Crippen LogP) is -0.992. The van der Waals surface area contributed by atoms with Crippen molar-refractivity contribution in [2.45, 2.75) is 31.5 Å². The molecule has 2 aliphatic rings. The highest BCUT2D eigenvalue weighted by atomic mass is 35.5. The number of halogens is 1. The fraction of sp³-hybridized carbons (Fsp3) is 0.611. The van der Waals surface area contributed by atoms with Crippen molar-refractivity contribution >= 4 is 11.6 Å². The predicted molar refractivity (Wildman–Crippen MR) is 97.4 cm³/mol. The van der Waals surface area contributed by atoms with Gasteiger partial charge in [0.25, 0.3) is 0 Å². The van der Waals surface area contributed by atoms with Crippen molar-refractivity contribution in [2.24, 2.45) is 0 Å². The van der Waals surface area contributed by atoms with Crippen LogP contribution in [-0.2, 0) is 11.3 Å². The molecule has 0 amide bonds. The Kier molecular flexibility index (Phi) is 5.49. The van der Waals surface area contributed by atoms with Gasteiger partial charge in [0.15, 0.2) is 6.04 Å². The van der Waals surface area contributed by atoms with Crippen LogP contribution < -0.4 is 9.80 Å². The second-order valence-electron chi connectivity index (χ2n) is 7.42. The highest BCUT2D eigenvalue weighted by molar-refractivity contribution is 6.31. The standard InChI is InChI=1S/C18H25ClN6O/c1-23-8-10-24(11-9-23)17(15-6-2-3-7-16(15)19)18-20-21-22-25(18)13-14-5-4-12-26-14/h2-3,6-7,14,17H,4-5,8-13H2,1H3/p+2/t14-,17-/m0/s1. The number of tetrazole rings is 1. The Morgan fingerprint density at radius 3 is 2.81 bits per heavy atom. The summed E-state index contributed by atoms with van der Waals surface area (Å²) < 4.78 is 7.73. The zero-order valence-electron chi connectivity index (χ0n) is 15.2. The van der Waals surface area contributed by atoms with Gasteiger partial charge in [-0.3, -0.25) is 0 Å². The van der Waals surface area contributed by atoms with Crippen molar-refractivity contribution < 1.29 is 14.5 Å². The third kappa shape index (κ3) is 3.76. The summed E-state index contributed by atoms with van der Waals surface area (Å²) in [6, 6.07) is 8.13. The molecule has 2 saturated heterocycles. The first-order valence-electron chi connectivity index (χ1n) is 9.50. The molecule has 1 aromatic carbocycles. The zero-order chi connectivity index (χ0) is 17.9. The number of rotatable bonds is 5. The number of benzene rings is 1. The maximum Gasteiger partial charge on any atom is 0.214 e. The van der Waals surface area contributed by atoms with Gasteiger partial charge in [-0.2, -0.15) is 0 Å². The Balaban J connectivity index is 1.67. The minimum atomic E-state index is 0.0493. The maximum atomic E-state index is 6.59. The molecule has 2 aliphatic heterocycles. The molecule has 4 rings (SSSR count). The monoisotopic (exact) mass is 378 g/mol. The molecule has 0 aliphatic carbocycles. The lowest BCUT2D eigenvalue weighted by Crippen LogP contribution is -3.27. The number of nitrogens with zero attached hydrogens (tertiary/aromatic N) is 4. The highest BCUT2D eigenvalue weighted by Crippen LogP contribution is 2.25. The molecule has 0 unspecified atom stereocenters. The lowest BCUT2D eigenvalue weighted by Gasteiger charge is -2.33. The van der Waals surface area contributed by atoms with Crippen molar-refractivity contribution in [3.8, 4) is 0 Å². The van der Waals surface area contributed by atoms with Crippen LogP contribution in [0.2, 0.25) is 5.02 Å². The first kappa shape index (κ1) is 17.9. The summed E-state index contributed by atoms with van der Waals surface area (Å²) >= 11 is 6.59. The third-order valence-electron chi connectivity index (χ3n) is 5.59. The van der Waals surface area contributed by atoms with E-state index in [1.165, 1.54) is 4.90 Å². The molecule has 2 atom stereocenters. The largest absolute Gasteiger partial charge is 0.376 e. The van der Waals surface area contributed by atoms with E-state index < -0.39 is 0 Å². The van der Waals surface area contributed by atoms with E-state index in [-0.39, 0.29) is 12.1 Å². The normalized spacial score (nSPS) is 27.5. The van der Waals surface area contributed by atoms with Crippen LogP contribution in [0.5, 0.6) is 0 Å². The van der Waals surface area contributed by atoms with E-state index in [0.717, 1.165) is 62.0 Å². The van der Waals surface area contributed by atoms with Crippen molar-refractivity contribution in [1.82, 2.24) is 20.2 Å². The number of ether oxygens (including phenoxy) is 1. The smallest absolute Gasteiger partial charge is 0.214 e. The average molecular weight is 379 g/mol. The summed E-state index contributed by atoms with van der Waals surface area (Å²) in [5.41, 5.74) is 1.10. The third-order valence-corrected chi connectivity index (χ3v) is 5.93. The van der Waals surface area contributed by atoms with Crippen molar-refractivity contribution in [3.63, 3.8) is 0 Å². The number of nitrogens with one attached hydrogen (secondary N) is 2. The molecule has 0 saturated carbocycles. The van der Waals surface area contributed by atoms with Crippen LogP contribution in [0.25, 0.3) is 0 Å². The van der Waals surface area contributed by atoms with Gasteiger partial charge in [-0.05, 0) is 29.3 Å². The Labute approximate surface area is 158 Å². The lowest BCUT2D eigenvalue weighted by molar-refractivity contribution is -1.02. The first-order chi connectivity index (χ1) is 12.7. The Morgan fingerprint density at radius 1 is 1.27 bits per heavy atom. The van der Waals surface area contributed by atoms with Gasteiger partial charge in [0.2, 0.25) is 5.82 Å². The van der Waals surface area contributed by atoms with Crippen LogP contribution in [0.15, 0.2) is 24.3 Å². The van der Waals surface area contributed by atoms with E-state index in [0.29, 0.717) is 6.54 Å². The van der Waals surface area contributed by atoms with Crippen molar-refractivity contribution in [1.29, 1.82) is 0 Å². The molecule has 2 N–H and O–H groups in total. The van der Waals surface area contributed by atoms with E-state index in [4.69, 9.17) is 16.3 Å². The molecule has 0 spiro atoms.